The summed E-state index contributed by atoms with van der Waals surface area (Å²) in [6.07, 6.45) is 1.43. The molecule has 168 valence electrons. The second-order valence-corrected chi connectivity index (χ2v) is 7.58. The minimum absolute atomic E-state index is 0.0923. The first kappa shape index (κ1) is 23.8. The van der Waals surface area contributed by atoms with Gasteiger partial charge in [-0.15, -0.1) is 0 Å². The third-order valence-electron chi connectivity index (χ3n) is 4.56. The number of hydrogen-bond donors (Lipinski definition) is 1. The Morgan fingerprint density at radius 1 is 1.15 bits per heavy atom. The molecule has 0 aliphatic heterocycles. The smallest absolute Gasteiger partial charge is 0.266 e. The van der Waals surface area contributed by atoms with Crippen LogP contribution in [0.4, 0.5) is 10.1 Å². The van der Waals surface area contributed by atoms with E-state index in [9.17, 15) is 14.4 Å². The van der Waals surface area contributed by atoms with Gasteiger partial charge in [0, 0.05) is 5.69 Å². The quantitative estimate of drug-likeness (QED) is 0.313. The number of nitriles is 1. The molecular weight excluding hydrogens is 443 g/mol. The van der Waals surface area contributed by atoms with E-state index in [0.29, 0.717) is 34.9 Å². The molecule has 0 spiro atoms. The van der Waals surface area contributed by atoms with Crippen LogP contribution in [0.2, 0.25) is 5.02 Å². The SMILES string of the molecule is CCOc1cc(/C=C(\C#N)C(=O)Nc2cccc(C)c2)cc(Cl)c1OCc1cccc(F)c1. The number of rotatable bonds is 8. The Morgan fingerprint density at radius 2 is 1.94 bits per heavy atom. The molecule has 0 unspecified atom stereocenters. The molecule has 0 aromatic heterocycles. The van der Waals surface area contributed by atoms with Gasteiger partial charge in [-0.05, 0) is 73.0 Å². The van der Waals surface area contributed by atoms with Gasteiger partial charge in [0.1, 0.15) is 24.1 Å². The number of anilines is 1. The van der Waals surface area contributed by atoms with Crippen molar-refractivity contribution in [3.63, 3.8) is 0 Å². The van der Waals surface area contributed by atoms with Crippen LogP contribution in [0.3, 0.4) is 0 Å². The van der Waals surface area contributed by atoms with Crippen LogP contribution in [0.15, 0.2) is 66.2 Å². The van der Waals surface area contributed by atoms with E-state index in [2.05, 4.69) is 5.32 Å². The van der Waals surface area contributed by atoms with Gasteiger partial charge in [0.2, 0.25) is 0 Å². The zero-order chi connectivity index (χ0) is 23.8. The van der Waals surface area contributed by atoms with Crippen molar-refractivity contribution in [1.82, 2.24) is 0 Å². The molecule has 0 saturated carbocycles. The maximum absolute atomic E-state index is 13.4. The van der Waals surface area contributed by atoms with Gasteiger partial charge in [-0.2, -0.15) is 5.26 Å². The molecule has 0 aliphatic rings. The maximum Gasteiger partial charge on any atom is 0.266 e. The molecule has 3 aromatic rings. The number of halogens is 2. The number of hydrogen-bond acceptors (Lipinski definition) is 4. The second kappa shape index (κ2) is 11.2. The highest BCUT2D eigenvalue weighted by Crippen LogP contribution is 2.38. The largest absolute Gasteiger partial charge is 0.490 e. The molecule has 1 N–H and O–H groups in total. The Bertz CT molecular complexity index is 1230. The number of carbonyl (C=O) groups is 1. The number of ether oxygens (including phenoxy) is 2. The van der Waals surface area contributed by atoms with Crippen molar-refractivity contribution in [3.05, 3.63) is 93.8 Å². The Balaban J connectivity index is 1.85. The third kappa shape index (κ3) is 6.58. The van der Waals surface area contributed by atoms with Crippen molar-refractivity contribution in [2.75, 3.05) is 11.9 Å². The zero-order valence-electron chi connectivity index (χ0n) is 18.2. The molecule has 33 heavy (non-hydrogen) atoms. The molecule has 0 saturated heterocycles. The monoisotopic (exact) mass is 464 g/mol. The van der Waals surface area contributed by atoms with Gasteiger partial charge < -0.3 is 14.8 Å². The van der Waals surface area contributed by atoms with Crippen molar-refractivity contribution in [1.29, 1.82) is 5.26 Å². The molecule has 0 radical (unpaired) electrons. The molecule has 0 heterocycles. The first-order valence-corrected chi connectivity index (χ1v) is 10.6. The van der Waals surface area contributed by atoms with Crippen molar-refractivity contribution >= 4 is 29.3 Å². The van der Waals surface area contributed by atoms with Crippen LogP contribution in [0, 0.1) is 24.1 Å². The van der Waals surface area contributed by atoms with Crippen LogP contribution in [-0.4, -0.2) is 12.5 Å². The highest BCUT2D eigenvalue weighted by atomic mass is 35.5. The van der Waals surface area contributed by atoms with Gasteiger partial charge in [-0.25, -0.2) is 4.39 Å². The molecular formula is C26H22ClFN2O3. The molecule has 3 rings (SSSR count). The average Bonchev–Trinajstić information content (AvgIpc) is 2.77. The molecule has 1 amide bonds. The lowest BCUT2D eigenvalue weighted by Crippen LogP contribution is -2.13. The Hall–Kier alpha value is -3.82. The van der Waals surface area contributed by atoms with Gasteiger partial charge >= 0.3 is 0 Å². The Kier molecular flexibility index (Phi) is 8.06. The van der Waals surface area contributed by atoms with E-state index in [4.69, 9.17) is 21.1 Å². The van der Waals surface area contributed by atoms with E-state index in [1.807, 2.05) is 38.1 Å². The number of amides is 1. The van der Waals surface area contributed by atoms with Crippen molar-refractivity contribution in [2.45, 2.75) is 20.5 Å². The van der Waals surface area contributed by atoms with E-state index in [0.717, 1.165) is 5.56 Å². The fourth-order valence-corrected chi connectivity index (χ4v) is 3.37. The number of carbonyl (C=O) groups excluding carboxylic acids is 1. The van der Waals surface area contributed by atoms with Crippen LogP contribution >= 0.6 is 11.6 Å². The van der Waals surface area contributed by atoms with E-state index in [1.54, 1.807) is 30.3 Å². The lowest BCUT2D eigenvalue weighted by Gasteiger charge is -2.15. The molecule has 3 aromatic carbocycles. The zero-order valence-corrected chi connectivity index (χ0v) is 18.9. The average molecular weight is 465 g/mol. The Labute approximate surface area is 197 Å². The summed E-state index contributed by atoms with van der Waals surface area (Å²) in [7, 11) is 0. The van der Waals surface area contributed by atoms with Crippen molar-refractivity contribution in [2.24, 2.45) is 0 Å². The highest BCUT2D eigenvalue weighted by Gasteiger charge is 2.15. The Morgan fingerprint density at radius 3 is 2.64 bits per heavy atom. The summed E-state index contributed by atoms with van der Waals surface area (Å²) in [4.78, 5) is 12.6. The predicted octanol–water partition coefficient (Wildman–Crippen LogP) is 6.31. The standard InChI is InChI=1S/C26H22ClFN2O3/c1-3-32-24-14-19(11-20(15-29)26(31)30-22-9-4-6-17(2)10-22)13-23(27)25(24)33-16-18-7-5-8-21(28)12-18/h4-14H,3,16H2,1-2H3,(H,30,31)/b20-11+. The van der Waals surface area contributed by atoms with Crippen LogP contribution in [0.5, 0.6) is 11.5 Å². The summed E-state index contributed by atoms with van der Waals surface area (Å²) >= 11 is 6.43. The van der Waals surface area contributed by atoms with E-state index in [1.165, 1.54) is 18.2 Å². The third-order valence-corrected chi connectivity index (χ3v) is 4.84. The van der Waals surface area contributed by atoms with Gasteiger partial charge in [-0.1, -0.05) is 35.9 Å². The maximum atomic E-state index is 13.4. The van der Waals surface area contributed by atoms with Crippen LogP contribution in [0.1, 0.15) is 23.6 Å². The summed E-state index contributed by atoms with van der Waals surface area (Å²) in [6, 6.07) is 18.5. The van der Waals surface area contributed by atoms with Gasteiger partial charge in [0.25, 0.3) is 5.91 Å². The second-order valence-electron chi connectivity index (χ2n) is 7.18. The van der Waals surface area contributed by atoms with Gasteiger partial charge in [-0.3, -0.25) is 4.79 Å². The van der Waals surface area contributed by atoms with Gasteiger partial charge in [0.15, 0.2) is 11.5 Å². The van der Waals surface area contributed by atoms with Crippen molar-refractivity contribution < 1.29 is 18.7 Å². The fourth-order valence-electron chi connectivity index (χ4n) is 3.09. The summed E-state index contributed by atoms with van der Waals surface area (Å²) < 4.78 is 24.9. The normalized spacial score (nSPS) is 10.9. The lowest BCUT2D eigenvalue weighted by molar-refractivity contribution is -0.112. The summed E-state index contributed by atoms with van der Waals surface area (Å²) in [5.41, 5.74) is 2.62. The first-order chi connectivity index (χ1) is 15.9. The molecule has 0 aliphatic carbocycles. The summed E-state index contributed by atoms with van der Waals surface area (Å²) in [5.74, 6) is -0.254. The van der Waals surface area contributed by atoms with E-state index < -0.39 is 5.91 Å². The van der Waals surface area contributed by atoms with E-state index >= 15 is 0 Å². The number of nitrogens with one attached hydrogen (secondary N) is 1. The van der Waals surface area contributed by atoms with E-state index in [-0.39, 0.29) is 23.0 Å². The van der Waals surface area contributed by atoms with Crippen LogP contribution < -0.4 is 14.8 Å². The topological polar surface area (TPSA) is 71.3 Å². The molecule has 7 heteroatoms. The van der Waals surface area contributed by atoms with Gasteiger partial charge in [0.05, 0.1) is 11.6 Å². The molecule has 5 nitrogen and oxygen atoms in total. The summed E-state index contributed by atoms with van der Waals surface area (Å²) in [6.45, 7) is 4.16. The predicted molar refractivity (Wildman–Crippen MR) is 127 cm³/mol. The molecule has 0 bridgehead atoms. The molecule has 0 atom stereocenters. The van der Waals surface area contributed by atoms with Crippen LogP contribution in [-0.2, 0) is 11.4 Å². The summed E-state index contributed by atoms with van der Waals surface area (Å²) in [5, 5.41) is 12.5. The lowest BCUT2D eigenvalue weighted by atomic mass is 10.1. The highest BCUT2D eigenvalue weighted by molar-refractivity contribution is 6.32. The number of benzene rings is 3. The van der Waals surface area contributed by atoms with Crippen molar-refractivity contribution in [3.8, 4) is 17.6 Å². The van der Waals surface area contributed by atoms with Crippen LogP contribution in [0.25, 0.3) is 6.08 Å². The number of nitrogens with zero attached hydrogens (tertiary/aromatic N) is 1. The first-order valence-electron chi connectivity index (χ1n) is 10.2. The minimum Gasteiger partial charge on any atom is -0.490 e. The fraction of sp³-hybridized carbons (Fsp3) is 0.154. The molecule has 0 fully saturated rings. The minimum atomic E-state index is -0.538. The number of aryl methyl sites for hydroxylation is 1.